The van der Waals surface area contributed by atoms with E-state index in [2.05, 4.69) is 44.7 Å². The highest BCUT2D eigenvalue weighted by atomic mass is 32.1. The van der Waals surface area contributed by atoms with Crippen molar-refractivity contribution < 1.29 is 0 Å². The van der Waals surface area contributed by atoms with Gasteiger partial charge in [0.1, 0.15) is 5.51 Å². The number of fused-ring (bicyclic) bond motifs is 1. The van der Waals surface area contributed by atoms with Crippen LogP contribution in [0.5, 0.6) is 0 Å². The fourth-order valence-corrected chi connectivity index (χ4v) is 2.54. The number of hydrogen-bond donors (Lipinski definition) is 1. The molecule has 4 nitrogen and oxygen atoms in total. The zero-order valence-electron chi connectivity index (χ0n) is 8.76. The van der Waals surface area contributed by atoms with Crippen molar-refractivity contribution in [3.63, 3.8) is 0 Å². The number of nitrogens with zero attached hydrogens (tertiary/aromatic N) is 3. The molecule has 82 valence electrons. The summed E-state index contributed by atoms with van der Waals surface area (Å²) in [6.45, 7) is 2.83. The van der Waals surface area contributed by atoms with Gasteiger partial charge in [-0.15, -0.1) is 10.2 Å². The van der Waals surface area contributed by atoms with E-state index in [4.69, 9.17) is 0 Å². The topological polar surface area (TPSA) is 41.0 Å². The van der Waals surface area contributed by atoms with E-state index in [1.54, 1.807) is 16.8 Å². The lowest BCUT2D eigenvalue weighted by molar-refractivity contribution is 0.711. The molecule has 2 heterocycles. The van der Waals surface area contributed by atoms with Gasteiger partial charge in [-0.2, -0.15) is 0 Å². The Morgan fingerprint density at radius 1 is 1.31 bits per heavy atom. The normalized spacial score (nSPS) is 15.6. The third-order valence-corrected chi connectivity index (χ3v) is 3.40. The van der Waals surface area contributed by atoms with Crippen molar-refractivity contribution in [2.75, 3.05) is 18.0 Å². The van der Waals surface area contributed by atoms with E-state index >= 15 is 0 Å². The van der Waals surface area contributed by atoms with Gasteiger partial charge in [-0.3, -0.25) is 0 Å². The first kappa shape index (κ1) is 9.74. The molecule has 0 spiro atoms. The Morgan fingerprint density at radius 3 is 3.12 bits per heavy atom. The number of anilines is 2. The van der Waals surface area contributed by atoms with Gasteiger partial charge >= 0.3 is 0 Å². The summed E-state index contributed by atoms with van der Waals surface area (Å²) in [7, 11) is 0. The highest BCUT2D eigenvalue weighted by Gasteiger charge is 2.17. The van der Waals surface area contributed by atoms with Gasteiger partial charge in [-0.05, 0) is 11.6 Å². The van der Waals surface area contributed by atoms with Crippen LogP contribution >= 0.6 is 11.3 Å². The molecular formula is C11H12N4S. The molecule has 0 amide bonds. The minimum absolute atomic E-state index is 0.922. The van der Waals surface area contributed by atoms with Crippen LogP contribution in [0.4, 0.5) is 10.8 Å². The molecule has 1 aromatic carbocycles. The molecule has 0 saturated carbocycles. The summed E-state index contributed by atoms with van der Waals surface area (Å²) in [5.74, 6) is 0. The summed E-state index contributed by atoms with van der Waals surface area (Å²) in [5, 5.41) is 12.4. The Bertz CT molecular complexity index is 469. The lowest BCUT2D eigenvalue weighted by atomic mass is 10.1. The Hall–Kier alpha value is -1.46. The molecule has 1 aliphatic heterocycles. The number of hydrogen-bond acceptors (Lipinski definition) is 5. The van der Waals surface area contributed by atoms with Gasteiger partial charge in [0.25, 0.3) is 0 Å². The predicted octanol–water partition coefficient (Wildman–Crippen LogP) is 1.78. The van der Waals surface area contributed by atoms with Crippen LogP contribution in [0.3, 0.4) is 0 Å². The summed E-state index contributed by atoms with van der Waals surface area (Å²) in [6, 6.07) is 8.44. The molecule has 0 unspecified atom stereocenters. The molecule has 16 heavy (non-hydrogen) atoms. The minimum atomic E-state index is 0.922. The van der Waals surface area contributed by atoms with Crippen LogP contribution in [0, 0.1) is 0 Å². The van der Waals surface area contributed by atoms with Crippen molar-refractivity contribution in [1.82, 2.24) is 15.5 Å². The maximum Gasteiger partial charge on any atom is 0.212 e. The zero-order valence-corrected chi connectivity index (χ0v) is 9.57. The third kappa shape index (κ3) is 1.68. The Balaban J connectivity index is 2.06. The Morgan fingerprint density at radius 2 is 2.25 bits per heavy atom. The molecule has 0 fully saturated rings. The molecular weight excluding hydrogens is 220 g/mol. The molecule has 0 bridgehead atoms. The largest absolute Gasteiger partial charge is 0.315 e. The van der Waals surface area contributed by atoms with Crippen molar-refractivity contribution in [3.8, 4) is 0 Å². The fraction of sp³-hybridized carbons (Fsp3) is 0.273. The highest BCUT2D eigenvalue weighted by molar-refractivity contribution is 7.13. The third-order valence-electron chi connectivity index (χ3n) is 2.69. The fourth-order valence-electron chi connectivity index (χ4n) is 1.94. The van der Waals surface area contributed by atoms with Crippen LogP contribution in [0.25, 0.3) is 0 Å². The van der Waals surface area contributed by atoms with Crippen molar-refractivity contribution in [1.29, 1.82) is 0 Å². The molecule has 0 aliphatic carbocycles. The maximum absolute atomic E-state index is 4.15. The van der Waals surface area contributed by atoms with E-state index in [-0.39, 0.29) is 0 Å². The molecule has 0 atom stereocenters. The second-order valence-corrected chi connectivity index (χ2v) is 4.49. The average molecular weight is 232 g/mol. The Kier molecular flexibility index (Phi) is 2.55. The first-order valence-corrected chi connectivity index (χ1v) is 6.15. The Labute approximate surface area is 97.9 Å². The predicted molar refractivity (Wildman–Crippen MR) is 65.1 cm³/mol. The molecule has 0 radical (unpaired) electrons. The lowest BCUT2D eigenvalue weighted by Crippen LogP contribution is -2.24. The molecule has 5 heteroatoms. The first-order valence-electron chi connectivity index (χ1n) is 5.27. The summed E-state index contributed by atoms with van der Waals surface area (Å²) in [5.41, 5.74) is 4.33. The highest BCUT2D eigenvalue weighted by Crippen LogP contribution is 2.30. The van der Waals surface area contributed by atoms with Crippen LogP contribution < -0.4 is 10.2 Å². The minimum Gasteiger partial charge on any atom is -0.315 e. The SMILES string of the molecule is c1ccc2c(c1)CNCCN2c1nncs1. The van der Waals surface area contributed by atoms with Crippen LogP contribution in [-0.4, -0.2) is 23.3 Å². The van der Waals surface area contributed by atoms with Crippen molar-refractivity contribution in [2.45, 2.75) is 6.54 Å². The molecule has 2 aromatic rings. The smallest absolute Gasteiger partial charge is 0.212 e. The van der Waals surface area contributed by atoms with Gasteiger partial charge in [0.05, 0.1) is 0 Å². The first-order chi connectivity index (χ1) is 7.95. The zero-order chi connectivity index (χ0) is 10.8. The van der Waals surface area contributed by atoms with Crippen LogP contribution in [0.2, 0.25) is 0 Å². The molecule has 1 aromatic heterocycles. The number of para-hydroxylation sites is 1. The maximum atomic E-state index is 4.15. The summed E-state index contributed by atoms with van der Waals surface area (Å²) >= 11 is 1.58. The van der Waals surface area contributed by atoms with Gasteiger partial charge in [0.2, 0.25) is 5.13 Å². The van der Waals surface area contributed by atoms with Crippen LogP contribution in [-0.2, 0) is 6.54 Å². The van der Waals surface area contributed by atoms with Crippen molar-refractivity contribution in [2.24, 2.45) is 0 Å². The van der Waals surface area contributed by atoms with Crippen LogP contribution in [0.1, 0.15) is 5.56 Å². The quantitative estimate of drug-likeness (QED) is 0.813. The van der Waals surface area contributed by atoms with E-state index in [1.807, 2.05) is 0 Å². The van der Waals surface area contributed by atoms with E-state index in [0.717, 1.165) is 24.8 Å². The second-order valence-electron chi connectivity index (χ2n) is 3.68. The number of nitrogens with one attached hydrogen (secondary N) is 1. The van der Waals surface area contributed by atoms with E-state index in [9.17, 15) is 0 Å². The van der Waals surface area contributed by atoms with Gasteiger partial charge in [-0.1, -0.05) is 29.5 Å². The molecule has 1 aliphatic rings. The summed E-state index contributed by atoms with van der Waals surface area (Å²) in [4.78, 5) is 2.23. The molecule has 0 saturated heterocycles. The summed E-state index contributed by atoms with van der Waals surface area (Å²) in [6.07, 6.45) is 0. The van der Waals surface area contributed by atoms with Gasteiger partial charge in [0.15, 0.2) is 0 Å². The van der Waals surface area contributed by atoms with Crippen molar-refractivity contribution in [3.05, 3.63) is 35.3 Å². The lowest BCUT2D eigenvalue weighted by Gasteiger charge is -2.20. The number of rotatable bonds is 1. The van der Waals surface area contributed by atoms with Crippen molar-refractivity contribution >= 4 is 22.2 Å². The van der Waals surface area contributed by atoms with Gasteiger partial charge in [0, 0.05) is 25.3 Å². The van der Waals surface area contributed by atoms with E-state index in [1.165, 1.54) is 11.3 Å². The van der Waals surface area contributed by atoms with E-state index in [0.29, 0.717) is 0 Å². The van der Waals surface area contributed by atoms with E-state index < -0.39 is 0 Å². The second kappa shape index (κ2) is 4.19. The monoisotopic (exact) mass is 232 g/mol. The van der Waals surface area contributed by atoms with Crippen LogP contribution in [0.15, 0.2) is 29.8 Å². The molecule has 1 N–H and O–H groups in total. The van der Waals surface area contributed by atoms with Gasteiger partial charge < -0.3 is 10.2 Å². The van der Waals surface area contributed by atoms with Gasteiger partial charge in [-0.25, -0.2) is 0 Å². The average Bonchev–Trinajstić information content (AvgIpc) is 2.76. The number of benzene rings is 1. The molecule has 3 rings (SSSR count). The summed E-state index contributed by atoms with van der Waals surface area (Å²) < 4.78 is 0. The number of aromatic nitrogens is 2. The standard InChI is InChI=1S/C11H12N4S/c1-2-4-10-9(3-1)7-12-5-6-15(10)11-14-13-8-16-11/h1-4,8,12H,5-7H2.